The zero-order chi connectivity index (χ0) is 20.8. The van der Waals surface area contributed by atoms with Gasteiger partial charge in [0.1, 0.15) is 0 Å². The van der Waals surface area contributed by atoms with Crippen molar-refractivity contribution in [3.8, 4) is 17.2 Å². The van der Waals surface area contributed by atoms with Gasteiger partial charge in [-0.2, -0.15) is 0 Å². The summed E-state index contributed by atoms with van der Waals surface area (Å²) >= 11 is 5.86. The number of carbonyl (C=O) groups is 2. The van der Waals surface area contributed by atoms with Gasteiger partial charge >= 0.3 is 0 Å². The first-order valence-electron chi connectivity index (χ1n) is 9.00. The highest BCUT2D eigenvalue weighted by Crippen LogP contribution is 2.29. The van der Waals surface area contributed by atoms with E-state index in [0.29, 0.717) is 35.2 Å². The maximum Gasteiger partial charge on any atom is 0.294 e. The Labute approximate surface area is 174 Å². The summed E-state index contributed by atoms with van der Waals surface area (Å²) in [4.78, 5) is 25.0. The first-order chi connectivity index (χ1) is 14.0. The number of methoxy groups -OCH3 is 2. The summed E-state index contributed by atoms with van der Waals surface area (Å²) in [5.41, 5.74) is 1.97. The Bertz CT molecular complexity index is 1010. The van der Waals surface area contributed by atoms with Crippen molar-refractivity contribution in [2.45, 2.75) is 6.42 Å². The fourth-order valence-electron chi connectivity index (χ4n) is 2.93. The Balaban J connectivity index is 1.69. The quantitative estimate of drug-likeness (QED) is 0.452. The molecule has 0 spiro atoms. The Morgan fingerprint density at radius 2 is 1.72 bits per heavy atom. The fraction of sp³-hybridized carbons (Fsp3) is 0.182. The van der Waals surface area contributed by atoms with Crippen molar-refractivity contribution in [2.24, 2.45) is 0 Å². The van der Waals surface area contributed by atoms with Gasteiger partial charge in [-0.05, 0) is 48.4 Å². The summed E-state index contributed by atoms with van der Waals surface area (Å²) < 4.78 is 12.2. The molecule has 1 N–H and O–H groups in total. The maximum absolute atomic E-state index is 12.7. The zero-order valence-electron chi connectivity index (χ0n) is 16.1. The zero-order valence-corrected chi connectivity index (χ0v) is 16.9. The third kappa shape index (κ3) is 4.78. The molecule has 1 amide bonds. The van der Waals surface area contributed by atoms with Crippen molar-refractivity contribution < 1.29 is 19.1 Å². The van der Waals surface area contributed by atoms with Gasteiger partial charge in [0.2, 0.25) is 0 Å². The number of ketones is 1. The van der Waals surface area contributed by atoms with Crippen LogP contribution in [0.3, 0.4) is 0 Å². The summed E-state index contributed by atoms with van der Waals surface area (Å²) in [6.45, 7) is 0.350. The van der Waals surface area contributed by atoms with Crippen LogP contribution in [-0.2, 0) is 11.2 Å². The van der Waals surface area contributed by atoms with Crippen LogP contribution in [0.1, 0.15) is 16.1 Å². The minimum Gasteiger partial charge on any atom is -0.493 e. The molecule has 0 aliphatic carbocycles. The van der Waals surface area contributed by atoms with Crippen LogP contribution in [0.4, 0.5) is 0 Å². The molecule has 0 unspecified atom stereocenters. The van der Waals surface area contributed by atoms with Gasteiger partial charge in [-0.3, -0.25) is 9.59 Å². The second-order valence-corrected chi connectivity index (χ2v) is 6.70. The van der Waals surface area contributed by atoms with Gasteiger partial charge < -0.3 is 19.4 Å². The lowest BCUT2D eigenvalue weighted by Gasteiger charge is -2.12. The molecular weight excluding hydrogens is 392 g/mol. The highest BCUT2D eigenvalue weighted by atomic mass is 35.5. The third-order valence-corrected chi connectivity index (χ3v) is 4.70. The van der Waals surface area contributed by atoms with E-state index in [2.05, 4.69) is 5.32 Å². The van der Waals surface area contributed by atoms with Crippen molar-refractivity contribution in [3.05, 3.63) is 77.1 Å². The first-order valence-corrected chi connectivity index (χ1v) is 9.38. The van der Waals surface area contributed by atoms with Gasteiger partial charge in [-0.15, -0.1) is 0 Å². The smallest absolute Gasteiger partial charge is 0.294 e. The number of rotatable bonds is 8. The number of halogens is 1. The van der Waals surface area contributed by atoms with E-state index in [1.165, 1.54) is 7.11 Å². The largest absolute Gasteiger partial charge is 0.493 e. The number of nitrogens with zero attached hydrogens (tertiary/aromatic N) is 1. The molecule has 2 aromatic carbocycles. The van der Waals surface area contributed by atoms with Crippen molar-refractivity contribution in [3.63, 3.8) is 0 Å². The van der Waals surface area contributed by atoms with Crippen LogP contribution < -0.4 is 14.8 Å². The Hall–Kier alpha value is -3.25. The molecule has 150 valence electrons. The molecule has 0 atom stereocenters. The number of ether oxygens (including phenoxy) is 2. The summed E-state index contributed by atoms with van der Waals surface area (Å²) in [6.07, 6.45) is 2.32. The maximum atomic E-state index is 12.7. The average Bonchev–Trinajstić information content (AvgIpc) is 3.23. The molecule has 29 heavy (non-hydrogen) atoms. The minimum absolute atomic E-state index is 0.265. The van der Waals surface area contributed by atoms with Crippen LogP contribution in [0, 0.1) is 0 Å². The second kappa shape index (κ2) is 9.30. The predicted octanol–water partition coefficient (Wildman–Crippen LogP) is 3.69. The van der Waals surface area contributed by atoms with E-state index in [-0.39, 0.29) is 5.69 Å². The molecule has 7 heteroatoms. The van der Waals surface area contributed by atoms with Crippen molar-refractivity contribution in [2.75, 3.05) is 20.8 Å². The molecular formula is C22H21ClN2O4. The van der Waals surface area contributed by atoms with Crippen LogP contribution in [0.2, 0.25) is 5.02 Å². The SMILES string of the molecule is COc1ccc(-n2cccc2C(=O)C(=O)NCCc2ccc(Cl)cc2)cc1OC. The molecule has 0 radical (unpaired) electrons. The lowest BCUT2D eigenvalue weighted by molar-refractivity contribution is -0.117. The number of aromatic nitrogens is 1. The number of amides is 1. The molecule has 3 aromatic rings. The monoisotopic (exact) mass is 412 g/mol. The van der Waals surface area contributed by atoms with Crippen molar-refractivity contribution in [1.82, 2.24) is 9.88 Å². The molecule has 0 saturated carbocycles. The standard InChI is InChI=1S/C22H21ClN2O4/c1-28-19-10-9-17(14-20(19)29-2)25-13-3-4-18(25)21(26)22(27)24-12-11-15-5-7-16(23)8-6-15/h3-10,13-14H,11-12H2,1-2H3,(H,24,27). The normalized spacial score (nSPS) is 10.4. The van der Waals surface area contributed by atoms with Crippen molar-refractivity contribution >= 4 is 23.3 Å². The number of hydrogen-bond acceptors (Lipinski definition) is 4. The molecule has 0 aliphatic rings. The number of carbonyl (C=O) groups excluding carboxylic acids is 2. The molecule has 1 heterocycles. The highest BCUT2D eigenvalue weighted by molar-refractivity contribution is 6.42. The van der Waals surface area contributed by atoms with Gasteiger partial charge in [-0.25, -0.2) is 0 Å². The molecule has 3 rings (SSSR count). The topological polar surface area (TPSA) is 69.6 Å². The summed E-state index contributed by atoms with van der Waals surface area (Å²) in [6, 6.07) is 16.0. The van der Waals surface area contributed by atoms with Crippen molar-refractivity contribution in [1.29, 1.82) is 0 Å². The van der Waals surface area contributed by atoms with E-state index in [1.54, 1.807) is 60.3 Å². The first kappa shape index (κ1) is 20.5. The third-order valence-electron chi connectivity index (χ3n) is 4.45. The second-order valence-electron chi connectivity index (χ2n) is 6.26. The number of nitrogens with one attached hydrogen (secondary N) is 1. The molecule has 0 fully saturated rings. The summed E-state index contributed by atoms with van der Waals surface area (Å²) in [7, 11) is 3.09. The van der Waals surface area contributed by atoms with Crippen LogP contribution >= 0.6 is 11.6 Å². The van der Waals surface area contributed by atoms with E-state index in [9.17, 15) is 9.59 Å². The van der Waals surface area contributed by atoms with Gasteiger partial charge in [0.05, 0.1) is 19.9 Å². The van der Waals surface area contributed by atoms with Gasteiger partial charge in [-0.1, -0.05) is 23.7 Å². The summed E-state index contributed by atoms with van der Waals surface area (Å²) in [5.74, 6) is -0.152. The van der Waals surface area contributed by atoms with E-state index in [0.717, 1.165) is 5.56 Å². The van der Waals surface area contributed by atoms with Crippen LogP contribution in [0.15, 0.2) is 60.8 Å². The van der Waals surface area contributed by atoms with Crippen LogP contribution in [0.25, 0.3) is 5.69 Å². The lowest BCUT2D eigenvalue weighted by Crippen LogP contribution is -2.33. The Morgan fingerprint density at radius 1 is 1.00 bits per heavy atom. The Kier molecular flexibility index (Phi) is 6.57. The molecule has 6 nitrogen and oxygen atoms in total. The molecule has 0 bridgehead atoms. The minimum atomic E-state index is -0.653. The average molecular weight is 413 g/mol. The number of benzene rings is 2. The van der Waals surface area contributed by atoms with E-state index in [1.807, 2.05) is 12.1 Å². The lowest BCUT2D eigenvalue weighted by atomic mass is 10.1. The molecule has 0 aliphatic heterocycles. The Morgan fingerprint density at radius 3 is 2.41 bits per heavy atom. The number of Topliss-reactive ketones (excluding diaryl/α,β-unsaturated/α-hetero) is 1. The van der Waals surface area contributed by atoms with Gasteiger partial charge in [0.15, 0.2) is 11.5 Å². The van der Waals surface area contributed by atoms with Gasteiger partial charge in [0.25, 0.3) is 11.7 Å². The molecule has 1 aromatic heterocycles. The van der Waals surface area contributed by atoms with E-state index < -0.39 is 11.7 Å². The van der Waals surface area contributed by atoms with Gasteiger partial charge in [0, 0.05) is 29.5 Å². The summed E-state index contributed by atoms with van der Waals surface area (Å²) in [5, 5.41) is 3.33. The molecule has 0 saturated heterocycles. The van der Waals surface area contributed by atoms with E-state index >= 15 is 0 Å². The van der Waals surface area contributed by atoms with Crippen LogP contribution in [0.5, 0.6) is 11.5 Å². The predicted molar refractivity (Wildman–Crippen MR) is 111 cm³/mol. The number of hydrogen-bond donors (Lipinski definition) is 1. The van der Waals surface area contributed by atoms with Crippen LogP contribution in [-0.4, -0.2) is 37.0 Å². The highest BCUT2D eigenvalue weighted by Gasteiger charge is 2.20. The fourth-order valence-corrected chi connectivity index (χ4v) is 3.06. The van der Waals surface area contributed by atoms with E-state index in [4.69, 9.17) is 21.1 Å².